The fourth-order valence-electron chi connectivity index (χ4n) is 2.73. The highest BCUT2D eigenvalue weighted by atomic mass is 19.1. The van der Waals surface area contributed by atoms with E-state index >= 15 is 0 Å². The second-order valence-electron chi connectivity index (χ2n) is 6.35. The predicted molar refractivity (Wildman–Crippen MR) is 98.2 cm³/mol. The monoisotopic (exact) mass is 322 g/mol. The number of rotatable bonds is 15. The van der Waals surface area contributed by atoms with E-state index in [1.807, 2.05) is 12.1 Å². The zero-order valence-electron chi connectivity index (χ0n) is 14.9. The summed E-state index contributed by atoms with van der Waals surface area (Å²) in [5.74, 6) is -0.123. The van der Waals surface area contributed by atoms with Gasteiger partial charge in [-0.1, -0.05) is 76.5 Å². The van der Waals surface area contributed by atoms with Gasteiger partial charge in [-0.25, -0.2) is 4.39 Å². The molecule has 0 atom stereocenters. The summed E-state index contributed by atoms with van der Waals surface area (Å²) in [7, 11) is 0. The van der Waals surface area contributed by atoms with Gasteiger partial charge >= 0.3 is 0 Å². The van der Waals surface area contributed by atoms with Crippen molar-refractivity contribution in [2.75, 3.05) is 19.6 Å². The highest BCUT2D eigenvalue weighted by Crippen LogP contribution is 2.09. The Hall–Kier alpha value is -0.930. The molecule has 1 aromatic carbocycles. The van der Waals surface area contributed by atoms with Crippen LogP contribution in [0.4, 0.5) is 4.39 Å². The lowest BCUT2D eigenvalue weighted by atomic mass is 10.1. The Morgan fingerprint density at radius 2 is 1.35 bits per heavy atom. The number of hydrogen-bond acceptors (Lipinski definition) is 2. The third kappa shape index (κ3) is 11.3. The van der Waals surface area contributed by atoms with Gasteiger partial charge in [-0.05, 0) is 19.0 Å². The van der Waals surface area contributed by atoms with Gasteiger partial charge in [-0.15, -0.1) is 0 Å². The summed E-state index contributed by atoms with van der Waals surface area (Å²) in [6, 6.07) is 6.95. The van der Waals surface area contributed by atoms with Crippen molar-refractivity contribution >= 4 is 0 Å². The van der Waals surface area contributed by atoms with Crippen molar-refractivity contribution in [3.63, 3.8) is 0 Å². The van der Waals surface area contributed by atoms with Crippen molar-refractivity contribution < 1.29 is 4.39 Å². The Labute approximate surface area is 142 Å². The van der Waals surface area contributed by atoms with Crippen molar-refractivity contribution in [2.24, 2.45) is 0 Å². The molecule has 0 bridgehead atoms. The Morgan fingerprint density at radius 1 is 0.739 bits per heavy atom. The zero-order valence-corrected chi connectivity index (χ0v) is 14.9. The Morgan fingerprint density at radius 3 is 2.04 bits per heavy atom. The second-order valence-corrected chi connectivity index (χ2v) is 6.35. The van der Waals surface area contributed by atoms with Gasteiger partial charge in [-0.3, -0.25) is 0 Å². The van der Waals surface area contributed by atoms with Crippen molar-refractivity contribution in [1.82, 2.24) is 10.6 Å². The molecule has 0 radical (unpaired) electrons. The van der Waals surface area contributed by atoms with E-state index in [0.29, 0.717) is 6.54 Å². The summed E-state index contributed by atoms with van der Waals surface area (Å²) in [5, 5.41) is 6.72. The first kappa shape index (κ1) is 20.1. The molecule has 0 spiro atoms. The molecule has 0 fully saturated rings. The molecule has 23 heavy (non-hydrogen) atoms. The summed E-state index contributed by atoms with van der Waals surface area (Å²) in [6.45, 7) is 5.79. The first-order chi connectivity index (χ1) is 11.3. The Bertz CT molecular complexity index is 382. The highest BCUT2D eigenvalue weighted by Gasteiger charge is 1.98. The zero-order chi connectivity index (χ0) is 16.6. The number of unbranched alkanes of at least 4 members (excludes halogenated alkanes) is 8. The van der Waals surface area contributed by atoms with Crippen molar-refractivity contribution in [3.8, 4) is 0 Å². The largest absolute Gasteiger partial charge is 0.315 e. The number of benzene rings is 1. The first-order valence-corrected chi connectivity index (χ1v) is 9.49. The molecule has 1 aromatic rings. The summed E-state index contributed by atoms with van der Waals surface area (Å²) >= 11 is 0. The van der Waals surface area contributed by atoms with Crippen LogP contribution in [0.1, 0.15) is 70.3 Å². The van der Waals surface area contributed by atoms with Crippen LogP contribution in [0.5, 0.6) is 0 Å². The van der Waals surface area contributed by atoms with Gasteiger partial charge in [0.05, 0.1) is 0 Å². The molecule has 3 heteroatoms. The molecule has 0 aliphatic carbocycles. The summed E-state index contributed by atoms with van der Waals surface area (Å²) < 4.78 is 13.4. The lowest BCUT2D eigenvalue weighted by Gasteiger charge is -2.07. The molecule has 0 saturated heterocycles. The van der Waals surface area contributed by atoms with E-state index < -0.39 is 0 Å². The lowest BCUT2D eigenvalue weighted by molar-refractivity contribution is 0.538. The quantitative estimate of drug-likeness (QED) is 0.442. The fraction of sp³-hybridized carbons (Fsp3) is 0.700. The molecule has 0 aliphatic heterocycles. The Kier molecular flexibility index (Phi) is 12.8. The fourth-order valence-corrected chi connectivity index (χ4v) is 2.73. The van der Waals surface area contributed by atoms with Gasteiger partial charge in [-0.2, -0.15) is 0 Å². The summed E-state index contributed by atoms with van der Waals surface area (Å²) in [6.07, 6.45) is 12.3. The molecule has 0 heterocycles. The van der Waals surface area contributed by atoms with E-state index in [2.05, 4.69) is 17.6 Å². The molecular formula is C20H35FN2. The van der Waals surface area contributed by atoms with Gasteiger partial charge in [0, 0.05) is 25.2 Å². The maximum absolute atomic E-state index is 13.4. The average molecular weight is 323 g/mol. The van der Waals surface area contributed by atoms with Crippen LogP contribution < -0.4 is 10.6 Å². The van der Waals surface area contributed by atoms with Crippen LogP contribution in [-0.4, -0.2) is 19.6 Å². The molecule has 2 nitrogen and oxygen atoms in total. The topological polar surface area (TPSA) is 24.1 Å². The normalized spacial score (nSPS) is 11.0. The predicted octanol–water partition coefficient (Wildman–Crippen LogP) is 5.04. The molecule has 0 aliphatic rings. The van der Waals surface area contributed by atoms with Crippen LogP contribution in [-0.2, 0) is 6.54 Å². The van der Waals surface area contributed by atoms with Crippen LogP contribution in [0, 0.1) is 5.82 Å². The first-order valence-electron chi connectivity index (χ1n) is 9.49. The van der Waals surface area contributed by atoms with Crippen molar-refractivity contribution in [2.45, 2.75) is 71.3 Å². The van der Waals surface area contributed by atoms with Gasteiger partial charge in [0.1, 0.15) is 5.82 Å². The number of hydrogen-bond donors (Lipinski definition) is 2. The number of nitrogens with one attached hydrogen (secondary N) is 2. The van der Waals surface area contributed by atoms with Crippen molar-refractivity contribution in [1.29, 1.82) is 0 Å². The van der Waals surface area contributed by atoms with Gasteiger partial charge in [0.2, 0.25) is 0 Å². The van der Waals surface area contributed by atoms with Gasteiger partial charge in [0.15, 0.2) is 0 Å². The van der Waals surface area contributed by atoms with E-state index in [0.717, 1.165) is 25.2 Å². The second kappa shape index (κ2) is 14.6. The third-order valence-electron chi connectivity index (χ3n) is 4.21. The minimum absolute atomic E-state index is 0.123. The molecule has 0 amide bonds. The van der Waals surface area contributed by atoms with E-state index in [9.17, 15) is 4.39 Å². The van der Waals surface area contributed by atoms with Gasteiger partial charge < -0.3 is 10.6 Å². The van der Waals surface area contributed by atoms with Crippen LogP contribution in [0.2, 0.25) is 0 Å². The van der Waals surface area contributed by atoms with Gasteiger partial charge in [0.25, 0.3) is 0 Å². The van der Waals surface area contributed by atoms with Crippen LogP contribution in [0.3, 0.4) is 0 Å². The van der Waals surface area contributed by atoms with Crippen LogP contribution in [0.25, 0.3) is 0 Å². The van der Waals surface area contributed by atoms with Crippen molar-refractivity contribution in [3.05, 3.63) is 35.6 Å². The molecule has 0 saturated carbocycles. The van der Waals surface area contributed by atoms with Crippen LogP contribution >= 0.6 is 0 Å². The van der Waals surface area contributed by atoms with E-state index in [-0.39, 0.29) is 5.82 Å². The SMILES string of the molecule is CCCCCCCCCCCNCCNCc1ccccc1F. The van der Waals surface area contributed by atoms with Crippen LogP contribution in [0.15, 0.2) is 24.3 Å². The van der Waals surface area contributed by atoms with E-state index in [4.69, 9.17) is 0 Å². The molecule has 132 valence electrons. The summed E-state index contributed by atoms with van der Waals surface area (Å²) in [4.78, 5) is 0. The average Bonchev–Trinajstić information content (AvgIpc) is 2.57. The lowest BCUT2D eigenvalue weighted by Crippen LogP contribution is -2.27. The third-order valence-corrected chi connectivity index (χ3v) is 4.21. The van der Waals surface area contributed by atoms with E-state index in [1.165, 1.54) is 63.9 Å². The molecular weight excluding hydrogens is 287 g/mol. The summed E-state index contributed by atoms with van der Waals surface area (Å²) in [5.41, 5.74) is 0.742. The van der Waals surface area contributed by atoms with E-state index in [1.54, 1.807) is 6.07 Å². The molecule has 2 N–H and O–H groups in total. The Balaban J connectivity index is 1.79. The number of halogens is 1. The maximum atomic E-state index is 13.4. The smallest absolute Gasteiger partial charge is 0.127 e. The molecule has 1 rings (SSSR count). The highest BCUT2D eigenvalue weighted by molar-refractivity contribution is 5.16. The minimum Gasteiger partial charge on any atom is -0.315 e. The maximum Gasteiger partial charge on any atom is 0.127 e. The minimum atomic E-state index is -0.123. The molecule has 0 aromatic heterocycles. The molecule has 0 unspecified atom stereocenters. The standard InChI is InChI=1S/C20H35FN2/c1-2-3-4-5-6-7-8-9-12-15-22-16-17-23-18-19-13-10-11-14-20(19)21/h10-11,13-14,22-23H,2-9,12,15-18H2,1H3.